The Morgan fingerprint density at radius 3 is 2.67 bits per heavy atom. The summed E-state index contributed by atoms with van der Waals surface area (Å²) >= 11 is 0. The Morgan fingerprint density at radius 2 is 2.13 bits per heavy atom. The van der Waals surface area contributed by atoms with Crippen LogP contribution in [0.4, 0.5) is 0 Å². The van der Waals surface area contributed by atoms with Gasteiger partial charge in [0.25, 0.3) is 0 Å². The Balaban J connectivity index is 1.44. The predicted octanol–water partition coefficient (Wildman–Crippen LogP) is 2.19. The van der Waals surface area contributed by atoms with Gasteiger partial charge in [-0.15, -0.1) is 0 Å². The molecule has 2 heteroatoms. The summed E-state index contributed by atoms with van der Waals surface area (Å²) in [6.45, 7) is 5.56. The van der Waals surface area contributed by atoms with Crippen LogP contribution in [0.3, 0.4) is 0 Å². The molecule has 1 heterocycles. The first-order chi connectivity index (χ1) is 7.30. The molecule has 2 unspecified atom stereocenters. The van der Waals surface area contributed by atoms with Crippen molar-refractivity contribution in [2.24, 2.45) is 17.3 Å². The van der Waals surface area contributed by atoms with Gasteiger partial charge in [0.15, 0.2) is 0 Å². The second-order valence-corrected chi connectivity index (χ2v) is 5.93. The Hall–Kier alpha value is -0.0800. The van der Waals surface area contributed by atoms with Crippen molar-refractivity contribution in [1.82, 2.24) is 5.32 Å². The van der Waals surface area contributed by atoms with Crippen molar-refractivity contribution in [2.75, 3.05) is 19.8 Å². The van der Waals surface area contributed by atoms with Crippen LogP contribution < -0.4 is 5.32 Å². The van der Waals surface area contributed by atoms with E-state index < -0.39 is 0 Å². The minimum atomic E-state index is 0.656. The third kappa shape index (κ3) is 2.07. The van der Waals surface area contributed by atoms with Crippen molar-refractivity contribution >= 4 is 0 Å². The lowest BCUT2D eigenvalue weighted by molar-refractivity contribution is 0.177. The molecule has 2 atom stereocenters. The molecule has 1 saturated heterocycles. The Morgan fingerprint density at radius 1 is 1.33 bits per heavy atom. The van der Waals surface area contributed by atoms with Crippen molar-refractivity contribution in [2.45, 2.75) is 45.1 Å². The van der Waals surface area contributed by atoms with Crippen LogP contribution in [0.1, 0.15) is 39.0 Å². The molecule has 0 spiro atoms. The average Bonchev–Trinajstić information content (AvgIpc) is 3.14. The molecule has 3 aliphatic rings. The third-order valence-corrected chi connectivity index (χ3v) is 4.78. The third-order valence-electron chi connectivity index (χ3n) is 4.78. The summed E-state index contributed by atoms with van der Waals surface area (Å²) in [4.78, 5) is 0. The zero-order chi connectivity index (χ0) is 10.3. The van der Waals surface area contributed by atoms with E-state index in [2.05, 4.69) is 12.2 Å². The summed E-state index contributed by atoms with van der Waals surface area (Å²) < 4.78 is 5.45. The fourth-order valence-corrected chi connectivity index (χ4v) is 3.06. The molecule has 0 aromatic carbocycles. The maximum Gasteiger partial charge on any atom is 0.0509 e. The molecule has 86 valence electrons. The van der Waals surface area contributed by atoms with Gasteiger partial charge in [0, 0.05) is 19.2 Å². The largest absolute Gasteiger partial charge is 0.381 e. The first-order valence-corrected chi connectivity index (χ1v) is 6.61. The summed E-state index contributed by atoms with van der Waals surface area (Å²) in [5, 5.41) is 3.77. The molecule has 0 aromatic rings. The number of hydrogen-bond donors (Lipinski definition) is 1. The molecule has 0 radical (unpaired) electrons. The monoisotopic (exact) mass is 209 g/mol. The van der Waals surface area contributed by atoms with E-state index in [1.807, 2.05) is 0 Å². The van der Waals surface area contributed by atoms with Gasteiger partial charge >= 0.3 is 0 Å². The lowest BCUT2D eigenvalue weighted by Gasteiger charge is -2.23. The van der Waals surface area contributed by atoms with E-state index in [1.165, 1.54) is 38.6 Å². The van der Waals surface area contributed by atoms with Gasteiger partial charge in [-0.3, -0.25) is 0 Å². The smallest absolute Gasteiger partial charge is 0.0509 e. The van der Waals surface area contributed by atoms with Crippen LogP contribution in [0.2, 0.25) is 0 Å². The molecule has 1 N–H and O–H groups in total. The van der Waals surface area contributed by atoms with Crippen molar-refractivity contribution in [3.8, 4) is 0 Å². The SMILES string of the molecule is CC(NCC1(C2CC2)CC1)C1CCOC1. The normalized spacial score (nSPS) is 35.4. The zero-order valence-corrected chi connectivity index (χ0v) is 9.80. The minimum Gasteiger partial charge on any atom is -0.381 e. The molecule has 3 rings (SSSR count). The lowest BCUT2D eigenvalue weighted by atomic mass is 9.97. The van der Waals surface area contributed by atoms with Crippen molar-refractivity contribution in [3.05, 3.63) is 0 Å². The highest BCUT2D eigenvalue weighted by Gasteiger charge is 2.53. The topological polar surface area (TPSA) is 21.3 Å². The van der Waals surface area contributed by atoms with E-state index in [4.69, 9.17) is 4.74 Å². The van der Waals surface area contributed by atoms with Crippen LogP contribution in [-0.4, -0.2) is 25.8 Å². The lowest BCUT2D eigenvalue weighted by Crippen LogP contribution is -2.38. The molecule has 1 aliphatic heterocycles. The van der Waals surface area contributed by atoms with E-state index in [0.717, 1.165) is 30.5 Å². The van der Waals surface area contributed by atoms with Crippen LogP contribution in [0.15, 0.2) is 0 Å². The van der Waals surface area contributed by atoms with E-state index in [-0.39, 0.29) is 0 Å². The standard InChI is InChI=1S/C13H23NO/c1-10(11-4-7-15-8-11)14-9-13(5-6-13)12-2-3-12/h10-12,14H,2-9H2,1H3. The molecule has 0 aromatic heterocycles. The van der Waals surface area contributed by atoms with E-state index >= 15 is 0 Å². The molecule has 0 amide bonds. The highest BCUT2D eigenvalue weighted by atomic mass is 16.5. The van der Waals surface area contributed by atoms with Gasteiger partial charge in [0.05, 0.1) is 6.61 Å². The Labute approximate surface area is 92.8 Å². The van der Waals surface area contributed by atoms with Crippen molar-refractivity contribution in [3.63, 3.8) is 0 Å². The van der Waals surface area contributed by atoms with Gasteiger partial charge in [-0.05, 0) is 56.3 Å². The highest BCUT2D eigenvalue weighted by molar-refractivity contribution is 5.05. The van der Waals surface area contributed by atoms with Crippen molar-refractivity contribution in [1.29, 1.82) is 0 Å². The molecule has 2 aliphatic carbocycles. The molecular weight excluding hydrogens is 186 g/mol. The van der Waals surface area contributed by atoms with Gasteiger partial charge in [0.1, 0.15) is 0 Å². The fourth-order valence-electron chi connectivity index (χ4n) is 3.06. The first-order valence-electron chi connectivity index (χ1n) is 6.61. The summed E-state index contributed by atoms with van der Waals surface area (Å²) in [7, 11) is 0. The number of ether oxygens (including phenoxy) is 1. The number of rotatable bonds is 5. The molecular formula is C13H23NO. The second kappa shape index (κ2) is 3.74. The molecule has 0 bridgehead atoms. The zero-order valence-electron chi connectivity index (χ0n) is 9.80. The average molecular weight is 209 g/mol. The maximum atomic E-state index is 5.45. The molecule has 15 heavy (non-hydrogen) atoms. The Kier molecular flexibility index (Phi) is 2.52. The van der Waals surface area contributed by atoms with Gasteiger partial charge in [-0.1, -0.05) is 0 Å². The molecule has 2 saturated carbocycles. The summed E-state index contributed by atoms with van der Waals surface area (Å²) in [6, 6.07) is 0.656. The van der Waals surface area contributed by atoms with Crippen molar-refractivity contribution < 1.29 is 4.74 Å². The summed E-state index contributed by atoms with van der Waals surface area (Å²) in [5.74, 6) is 1.84. The van der Waals surface area contributed by atoms with E-state index in [1.54, 1.807) is 0 Å². The Bertz CT molecular complexity index is 227. The van der Waals surface area contributed by atoms with E-state index in [9.17, 15) is 0 Å². The predicted molar refractivity (Wildman–Crippen MR) is 60.8 cm³/mol. The summed E-state index contributed by atoms with van der Waals surface area (Å²) in [6.07, 6.45) is 7.23. The van der Waals surface area contributed by atoms with Gasteiger partial charge in [-0.25, -0.2) is 0 Å². The van der Waals surface area contributed by atoms with E-state index in [0.29, 0.717) is 6.04 Å². The first kappa shape index (κ1) is 10.1. The van der Waals surface area contributed by atoms with Crippen LogP contribution in [0, 0.1) is 17.3 Å². The maximum absolute atomic E-state index is 5.45. The van der Waals surface area contributed by atoms with Gasteiger partial charge < -0.3 is 10.1 Å². The molecule has 2 nitrogen and oxygen atoms in total. The van der Waals surface area contributed by atoms with Crippen LogP contribution in [0.25, 0.3) is 0 Å². The number of hydrogen-bond acceptors (Lipinski definition) is 2. The van der Waals surface area contributed by atoms with Gasteiger partial charge in [0.2, 0.25) is 0 Å². The molecule has 3 fully saturated rings. The van der Waals surface area contributed by atoms with Crippen LogP contribution >= 0.6 is 0 Å². The van der Waals surface area contributed by atoms with Crippen LogP contribution in [0.5, 0.6) is 0 Å². The fraction of sp³-hybridized carbons (Fsp3) is 1.00. The quantitative estimate of drug-likeness (QED) is 0.749. The van der Waals surface area contributed by atoms with Crippen LogP contribution in [-0.2, 0) is 4.74 Å². The summed E-state index contributed by atoms with van der Waals surface area (Å²) in [5.41, 5.74) is 0.744. The highest BCUT2D eigenvalue weighted by Crippen LogP contribution is 2.60. The second-order valence-electron chi connectivity index (χ2n) is 5.93. The minimum absolute atomic E-state index is 0.656. The number of nitrogens with one attached hydrogen (secondary N) is 1. The van der Waals surface area contributed by atoms with Gasteiger partial charge in [-0.2, -0.15) is 0 Å².